The fraction of sp³-hybridized carbons (Fsp3) is 0.667. The Morgan fingerprint density at radius 2 is 1.58 bits per heavy atom. The Balaban J connectivity index is 1.47. The van der Waals surface area contributed by atoms with E-state index in [1.165, 1.54) is 57.7 Å². The lowest BCUT2D eigenvalue weighted by Gasteiger charge is -2.34. The average Bonchev–Trinajstić information content (AvgIpc) is 2.70. The summed E-state index contributed by atoms with van der Waals surface area (Å²) in [6.45, 7) is 11.5. The number of benzene rings is 1. The van der Waals surface area contributed by atoms with Crippen LogP contribution >= 0.6 is 0 Å². The average molecular weight is 360 g/mol. The summed E-state index contributed by atoms with van der Waals surface area (Å²) in [4.78, 5) is 9.45. The molecule has 0 radical (unpaired) electrons. The molecular weight excluding hydrogens is 322 g/mol. The van der Waals surface area contributed by atoms with Gasteiger partial charge in [0.05, 0.1) is 0 Å². The van der Waals surface area contributed by atoms with E-state index in [-0.39, 0.29) is 0 Å². The Morgan fingerprint density at radius 1 is 0.923 bits per heavy atom. The molecule has 0 atom stereocenters. The zero-order valence-corrected chi connectivity index (χ0v) is 16.7. The molecule has 1 aliphatic heterocycles. The van der Waals surface area contributed by atoms with Crippen LogP contribution in [0.25, 0.3) is 0 Å². The van der Waals surface area contributed by atoms with Crippen LogP contribution < -0.4 is 10.6 Å². The SMILES string of the molecule is CCN1CCN(CCCCNC(=NC)NCCCc2ccccc2)CC1. The van der Waals surface area contributed by atoms with Crippen molar-refractivity contribution in [3.63, 3.8) is 0 Å². The summed E-state index contributed by atoms with van der Waals surface area (Å²) in [7, 11) is 1.85. The van der Waals surface area contributed by atoms with E-state index in [2.05, 4.69) is 62.7 Å². The predicted molar refractivity (Wildman–Crippen MR) is 112 cm³/mol. The summed E-state index contributed by atoms with van der Waals surface area (Å²) in [5, 5.41) is 6.85. The molecule has 0 aliphatic carbocycles. The maximum Gasteiger partial charge on any atom is 0.190 e. The van der Waals surface area contributed by atoms with Crippen LogP contribution in [0.15, 0.2) is 35.3 Å². The van der Waals surface area contributed by atoms with E-state index in [4.69, 9.17) is 0 Å². The molecular formula is C21H37N5. The van der Waals surface area contributed by atoms with Crippen LogP contribution in [-0.2, 0) is 6.42 Å². The number of aryl methyl sites for hydroxylation is 1. The standard InChI is InChI=1S/C21H37N5/c1-3-25-16-18-26(19-17-25)15-8-7-13-23-21(22-2)24-14-9-12-20-10-5-4-6-11-20/h4-6,10-11H,3,7-9,12-19H2,1-2H3,(H2,22,23,24). The lowest BCUT2D eigenvalue weighted by Crippen LogP contribution is -2.46. The third-order valence-electron chi connectivity index (χ3n) is 5.11. The number of guanidine groups is 1. The molecule has 5 nitrogen and oxygen atoms in total. The Morgan fingerprint density at radius 3 is 2.23 bits per heavy atom. The normalized spacial score (nSPS) is 16.6. The van der Waals surface area contributed by atoms with Crippen molar-refractivity contribution in [2.45, 2.75) is 32.6 Å². The van der Waals surface area contributed by atoms with E-state index < -0.39 is 0 Å². The maximum atomic E-state index is 4.32. The molecule has 1 heterocycles. The molecule has 2 N–H and O–H groups in total. The number of rotatable bonds is 10. The first kappa shape index (κ1) is 20.7. The molecule has 146 valence electrons. The minimum Gasteiger partial charge on any atom is -0.356 e. The highest BCUT2D eigenvalue weighted by Gasteiger charge is 2.14. The van der Waals surface area contributed by atoms with Gasteiger partial charge in [-0.25, -0.2) is 0 Å². The van der Waals surface area contributed by atoms with Crippen LogP contribution in [0.4, 0.5) is 0 Å². The number of hydrogen-bond acceptors (Lipinski definition) is 3. The number of piperazine rings is 1. The number of unbranched alkanes of at least 4 members (excludes halogenated alkanes) is 1. The molecule has 2 rings (SSSR count). The Labute approximate surface area is 159 Å². The van der Waals surface area contributed by atoms with E-state index in [0.29, 0.717) is 0 Å². The van der Waals surface area contributed by atoms with Gasteiger partial charge in [-0.05, 0) is 44.3 Å². The maximum absolute atomic E-state index is 4.32. The van der Waals surface area contributed by atoms with Crippen LogP contribution in [0.5, 0.6) is 0 Å². The summed E-state index contributed by atoms with van der Waals surface area (Å²) < 4.78 is 0. The number of likely N-dealkylation sites (N-methyl/N-ethyl adjacent to an activating group) is 1. The number of nitrogens with zero attached hydrogens (tertiary/aromatic N) is 3. The Kier molecular flexibility index (Phi) is 10.1. The van der Waals surface area contributed by atoms with Gasteiger partial charge >= 0.3 is 0 Å². The highest BCUT2D eigenvalue weighted by atomic mass is 15.3. The number of nitrogens with one attached hydrogen (secondary N) is 2. The van der Waals surface area contributed by atoms with Gasteiger partial charge in [0.2, 0.25) is 0 Å². The summed E-state index contributed by atoms with van der Waals surface area (Å²) in [6, 6.07) is 10.7. The summed E-state index contributed by atoms with van der Waals surface area (Å²) in [6.07, 6.45) is 4.67. The molecule has 0 amide bonds. The topological polar surface area (TPSA) is 42.9 Å². The van der Waals surface area contributed by atoms with Gasteiger partial charge in [-0.3, -0.25) is 4.99 Å². The smallest absolute Gasteiger partial charge is 0.190 e. The Bertz CT molecular complexity index is 494. The highest BCUT2D eigenvalue weighted by Crippen LogP contribution is 2.03. The van der Waals surface area contributed by atoms with E-state index in [0.717, 1.165) is 31.9 Å². The zero-order valence-electron chi connectivity index (χ0n) is 16.7. The van der Waals surface area contributed by atoms with Crippen LogP contribution in [0.1, 0.15) is 31.7 Å². The molecule has 0 saturated carbocycles. The largest absolute Gasteiger partial charge is 0.356 e. The molecule has 1 saturated heterocycles. The third kappa shape index (κ3) is 8.19. The summed E-state index contributed by atoms with van der Waals surface area (Å²) in [5.41, 5.74) is 1.40. The second kappa shape index (κ2) is 12.7. The van der Waals surface area contributed by atoms with E-state index in [9.17, 15) is 0 Å². The summed E-state index contributed by atoms with van der Waals surface area (Å²) in [5.74, 6) is 0.926. The summed E-state index contributed by atoms with van der Waals surface area (Å²) >= 11 is 0. The van der Waals surface area contributed by atoms with Crippen molar-refractivity contribution in [2.75, 3.05) is 59.4 Å². The van der Waals surface area contributed by atoms with Crippen LogP contribution in [0.2, 0.25) is 0 Å². The van der Waals surface area contributed by atoms with Gasteiger partial charge in [0, 0.05) is 46.3 Å². The fourth-order valence-corrected chi connectivity index (χ4v) is 3.36. The third-order valence-corrected chi connectivity index (χ3v) is 5.11. The van der Waals surface area contributed by atoms with Crippen molar-refractivity contribution < 1.29 is 0 Å². The van der Waals surface area contributed by atoms with Gasteiger partial charge in [-0.1, -0.05) is 37.3 Å². The highest BCUT2D eigenvalue weighted by molar-refractivity contribution is 5.79. The lowest BCUT2D eigenvalue weighted by molar-refractivity contribution is 0.136. The monoisotopic (exact) mass is 359 g/mol. The first-order chi connectivity index (χ1) is 12.8. The molecule has 0 unspecified atom stereocenters. The van der Waals surface area contributed by atoms with Crippen molar-refractivity contribution >= 4 is 5.96 Å². The minimum atomic E-state index is 0.926. The van der Waals surface area contributed by atoms with Crippen molar-refractivity contribution in [1.82, 2.24) is 20.4 Å². The van der Waals surface area contributed by atoms with Gasteiger partial charge in [-0.15, -0.1) is 0 Å². The van der Waals surface area contributed by atoms with Crippen molar-refractivity contribution in [3.8, 4) is 0 Å². The molecule has 5 heteroatoms. The van der Waals surface area contributed by atoms with Gasteiger partial charge in [0.1, 0.15) is 0 Å². The number of hydrogen-bond donors (Lipinski definition) is 2. The molecule has 1 aromatic rings. The lowest BCUT2D eigenvalue weighted by atomic mass is 10.1. The van der Waals surface area contributed by atoms with Crippen LogP contribution in [-0.4, -0.2) is 75.2 Å². The molecule has 1 fully saturated rings. The number of aliphatic imine (C=N–C) groups is 1. The first-order valence-electron chi connectivity index (χ1n) is 10.2. The Hall–Kier alpha value is -1.59. The van der Waals surface area contributed by atoms with Crippen molar-refractivity contribution in [1.29, 1.82) is 0 Å². The molecule has 0 aromatic heterocycles. The predicted octanol–water partition coefficient (Wildman–Crippen LogP) is 2.20. The zero-order chi connectivity index (χ0) is 18.5. The van der Waals surface area contributed by atoms with E-state index >= 15 is 0 Å². The quantitative estimate of drug-likeness (QED) is 0.382. The van der Waals surface area contributed by atoms with E-state index in [1.54, 1.807) is 0 Å². The minimum absolute atomic E-state index is 0.926. The van der Waals surface area contributed by atoms with E-state index in [1.807, 2.05) is 7.05 Å². The van der Waals surface area contributed by atoms with Gasteiger partial charge in [0.25, 0.3) is 0 Å². The molecule has 0 bridgehead atoms. The van der Waals surface area contributed by atoms with Gasteiger partial charge < -0.3 is 20.4 Å². The van der Waals surface area contributed by atoms with Gasteiger partial charge in [0.15, 0.2) is 5.96 Å². The van der Waals surface area contributed by atoms with Crippen LogP contribution in [0.3, 0.4) is 0 Å². The fourth-order valence-electron chi connectivity index (χ4n) is 3.36. The van der Waals surface area contributed by atoms with Gasteiger partial charge in [-0.2, -0.15) is 0 Å². The van der Waals surface area contributed by atoms with Crippen LogP contribution in [0, 0.1) is 0 Å². The second-order valence-corrected chi connectivity index (χ2v) is 7.00. The molecule has 1 aromatic carbocycles. The van der Waals surface area contributed by atoms with Crippen molar-refractivity contribution in [3.05, 3.63) is 35.9 Å². The molecule has 1 aliphatic rings. The molecule has 26 heavy (non-hydrogen) atoms. The first-order valence-corrected chi connectivity index (χ1v) is 10.2. The molecule has 0 spiro atoms. The van der Waals surface area contributed by atoms with Crippen molar-refractivity contribution in [2.24, 2.45) is 4.99 Å². The second-order valence-electron chi connectivity index (χ2n) is 7.00.